The Morgan fingerprint density at radius 2 is 1.70 bits per heavy atom. The van der Waals surface area contributed by atoms with Gasteiger partial charge < -0.3 is 10.2 Å². The van der Waals surface area contributed by atoms with Crippen LogP contribution < -0.4 is 10.2 Å². The predicted octanol–water partition coefficient (Wildman–Crippen LogP) is 3.43. The van der Waals surface area contributed by atoms with Crippen molar-refractivity contribution in [3.8, 4) is 0 Å². The summed E-state index contributed by atoms with van der Waals surface area (Å²) in [5.41, 5.74) is 0.499. The number of nitrogens with one attached hydrogen (secondary N) is 1. The Morgan fingerprint density at radius 3 is 2.30 bits per heavy atom. The molecule has 1 spiro atoms. The zero-order valence-electron chi connectivity index (χ0n) is 11.3. The number of hydrogen-bond donors (Lipinski definition) is 1. The van der Waals surface area contributed by atoms with Crippen LogP contribution in [-0.4, -0.2) is 25.2 Å². The molecule has 0 radical (unpaired) electrons. The van der Waals surface area contributed by atoms with E-state index >= 15 is 0 Å². The van der Waals surface area contributed by atoms with Crippen molar-refractivity contribution in [2.24, 2.45) is 0 Å². The molecular weight excluding hydrogens is 265 g/mol. The molecule has 0 unspecified atom stereocenters. The van der Waals surface area contributed by atoms with Crippen LogP contribution in [0.25, 0.3) is 0 Å². The number of halogens is 3. The molecule has 110 valence electrons. The molecule has 0 amide bonds. The van der Waals surface area contributed by atoms with Gasteiger partial charge in [0.15, 0.2) is 0 Å². The lowest BCUT2D eigenvalue weighted by Gasteiger charge is -2.42. The van der Waals surface area contributed by atoms with Gasteiger partial charge in [-0.15, -0.1) is 0 Å². The van der Waals surface area contributed by atoms with Crippen LogP contribution in [0, 0.1) is 0 Å². The Labute approximate surface area is 117 Å². The molecule has 1 aliphatic heterocycles. The maximum absolute atomic E-state index is 12.6. The fourth-order valence-corrected chi connectivity index (χ4v) is 3.42. The second kappa shape index (κ2) is 4.95. The van der Waals surface area contributed by atoms with E-state index < -0.39 is 11.7 Å². The summed E-state index contributed by atoms with van der Waals surface area (Å²) in [6.07, 6.45) is 0.574. The van der Waals surface area contributed by atoms with E-state index in [0.29, 0.717) is 0 Å². The van der Waals surface area contributed by atoms with Gasteiger partial charge in [0, 0.05) is 30.9 Å². The molecule has 0 atom stereocenters. The zero-order valence-corrected chi connectivity index (χ0v) is 11.3. The normalized spacial score (nSPS) is 22.4. The molecular formula is C15H19F3N2. The molecule has 1 aliphatic carbocycles. The van der Waals surface area contributed by atoms with Crippen molar-refractivity contribution in [3.05, 3.63) is 29.8 Å². The van der Waals surface area contributed by atoms with Crippen LogP contribution >= 0.6 is 0 Å². The van der Waals surface area contributed by atoms with Crippen LogP contribution in [-0.2, 0) is 6.18 Å². The zero-order chi connectivity index (χ0) is 14.2. The number of benzene rings is 1. The first-order chi connectivity index (χ1) is 9.49. The maximum atomic E-state index is 12.6. The van der Waals surface area contributed by atoms with Gasteiger partial charge in [-0.3, -0.25) is 0 Å². The van der Waals surface area contributed by atoms with Gasteiger partial charge in [-0.2, -0.15) is 13.2 Å². The summed E-state index contributed by atoms with van der Waals surface area (Å²) in [7, 11) is 0. The second-order valence-electron chi connectivity index (χ2n) is 5.88. The molecule has 1 N–H and O–H groups in total. The van der Waals surface area contributed by atoms with Gasteiger partial charge in [-0.25, -0.2) is 0 Å². The highest BCUT2D eigenvalue weighted by Gasteiger charge is 2.38. The van der Waals surface area contributed by atoms with Crippen molar-refractivity contribution in [1.29, 1.82) is 0 Å². The number of rotatable bonds is 1. The number of nitrogens with zero attached hydrogens (tertiary/aromatic N) is 1. The highest BCUT2D eigenvalue weighted by molar-refractivity contribution is 5.49. The van der Waals surface area contributed by atoms with E-state index in [2.05, 4.69) is 10.2 Å². The van der Waals surface area contributed by atoms with Gasteiger partial charge >= 0.3 is 6.18 Å². The molecule has 2 aliphatic rings. The second-order valence-corrected chi connectivity index (χ2v) is 5.88. The van der Waals surface area contributed by atoms with Gasteiger partial charge in [0.25, 0.3) is 0 Å². The third kappa shape index (κ3) is 2.64. The molecule has 0 aromatic heterocycles. The smallest absolute Gasteiger partial charge is 0.368 e. The minimum Gasteiger partial charge on any atom is -0.368 e. The summed E-state index contributed by atoms with van der Waals surface area (Å²) in [6.45, 7) is 2.66. The number of anilines is 1. The fraction of sp³-hybridized carbons (Fsp3) is 0.600. The van der Waals surface area contributed by atoms with E-state index in [9.17, 15) is 13.2 Å². The number of piperazine rings is 1. The van der Waals surface area contributed by atoms with Crippen LogP contribution in [0.1, 0.15) is 31.2 Å². The van der Waals surface area contributed by atoms with E-state index in [1.807, 2.05) is 0 Å². The average molecular weight is 284 g/mol. The molecule has 0 bridgehead atoms. The quantitative estimate of drug-likeness (QED) is 0.850. The summed E-state index contributed by atoms with van der Waals surface area (Å²) in [5.74, 6) is 0. The van der Waals surface area contributed by atoms with Crippen molar-refractivity contribution < 1.29 is 13.2 Å². The lowest BCUT2D eigenvalue weighted by Crippen LogP contribution is -2.59. The Morgan fingerprint density at radius 1 is 1.05 bits per heavy atom. The Hall–Kier alpha value is -1.23. The molecule has 1 heterocycles. The Kier molecular flexibility index (Phi) is 3.40. The van der Waals surface area contributed by atoms with E-state index in [4.69, 9.17) is 0 Å². The molecule has 1 aromatic carbocycles. The topological polar surface area (TPSA) is 15.3 Å². The molecule has 1 saturated carbocycles. The van der Waals surface area contributed by atoms with Crippen molar-refractivity contribution in [3.63, 3.8) is 0 Å². The lowest BCUT2D eigenvalue weighted by molar-refractivity contribution is -0.137. The monoisotopic (exact) mass is 284 g/mol. The molecule has 2 nitrogen and oxygen atoms in total. The largest absolute Gasteiger partial charge is 0.416 e. The van der Waals surface area contributed by atoms with Gasteiger partial charge in [-0.05, 0) is 37.1 Å². The Bertz CT molecular complexity index is 461. The van der Waals surface area contributed by atoms with Crippen LogP contribution in [0.2, 0.25) is 0 Å². The van der Waals surface area contributed by atoms with Crippen molar-refractivity contribution in [2.45, 2.75) is 37.4 Å². The van der Waals surface area contributed by atoms with Crippen molar-refractivity contribution >= 4 is 5.69 Å². The summed E-state index contributed by atoms with van der Waals surface area (Å²) >= 11 is 0. The summed E-state index contributed by atoms with van der Waals surface area (Å²) < 4.78 is 37.7. The van der Waals surface area contributed by atoms with Crippen LogP contribution in [0.15, 0.2) is 24.3 Å². The van der Waals surface area contributed by atoms with Gasteiger partial charge in [-0.1, -0.05) is 12.8 Å². The first-order valence-electron chi connectivity index (χ1n) is 7.16. The number of alkyl halides is 3. The van der Waals surface area contributed by atoms with E-state index in [-0.39, 0.29) is 5.54 Å². The molecule has 1 aromatic rings. The fourth-order valence-electron chi connectivity index (χ4n) is 3.42. The summed E-state index contributed by atoms with van der Waals surface area (Å²) in [6, 6.07) is 5.55. The summed E-state index contributed by atoms with van der Waals surface area (Å²) in [4.78, 5) is 2.21. The minimum absolute atomic E-state index is 0.181. The number of hydrogen-bond acceptors (Lipinski definition) is 2. The van der Waals surface area contributed by atoms with E-state index in [0.717, 1.165) is 25.3 Å². The van der Waals surface area contributed by atoms with Crippen molar-refractivity contribution in [1.82, 2.24) is 5.32 Å². The third-order valence-corrected chi connectivity index (χ3v) is 4.50. The minimum atomic E-state index is -4.26. The van der Waals surface area contributed by atoms with Gasteiger partial charge in [0.1, 0.15) is 0 Å². The lowest BCUT2D eigenvalue weighted by atomic mass is 9.94. The third-order valence-electron chi connectivity index (χ3n) is 4.50. The molecule has 5 heteroatoms. The molecule has 20 heavy (non-hydrogen) atoms. The average Bonchev–Trinajstić information content (AvgIpc) is 2.86. The highest BCUT2D eigenvalue weighted by Crippen LogP contribution is 2.35. The predicted molar refractivity (Wildman–Crippen MR) is 72.9 cm³/mol. The molecule has 3 rings (SSSR count). The van der Waals surface area contributed by atoms with Crippen LogP contribution in [0.3, 0.4) is 0 Å². The molecule has 1 saturated heterocycles. The Balaban J connectivity index is 1.75. The summed E-state index contributed by atoms with van der Waals surface area (Å²) in [5, 5.41) is 3.61. The standard InChI is InChI=1S/C15H19F3N2/c16-15(17,18)12-3-5-13(6-4-12)20-10-9-19-14(11-20)7-1-2-8-14/h3-6,19H,1-2,7-11H2. The first-order valence-corrected chi connectivity index (χ1v) is 7.16. The van der Waals surface area contributed by atoms with Gasteiger partial charge in [0.05, 0.1) is 5.56 Å². The highest BCUT2D eigenvalue weighted by atomic mass is 19.4. The van der Waals surface area contributed by atoms with E-state index in [1.165, 1.54) is 37.8 Å². The SMILES string of the molecule is FC(F)(F)c1ccc(N2CCNC3(CCCC3)C2)cc1. The van der Waals surface area contributed by atoms with Crippen LogP contribution in [0.5, 0.6) is 0 Å². The van der Waals surface area contributed by atoms with Gasteiger partial charge in [0.2, 0.25) is 0 Å². The van der Waals surface area contributed by atoms with Crippen LogP contribution in [0.4, 0.5) is 18.9 Å². The molecule has 2 fully saturated rings. The van der Waals surface area contributed by atoms with E-state index in [1.54, 1.807) is 12.1 Å². The van der Waals surface area contributed by atoms with Crippen molar-refractivity contribution in [2.75, 3.05) is 24.5 Å². The maximum Gasteiger partial charge on any atom is 0.416 e. The first kappa shape index (κ1) is 13.7.